The maximum atomic E-state index is 12.2. The molecule has 2 fully saturated rings. The van der Waals surface area contributed by atoms with E-state index in [1.54, 1.807) is 6.92 Å². The third kappa shape index (κ3) is 3.61. The Kier molecular flexibility index (Phi) is 5.05. The van der Waals surface area contributed by atoms with Crippen LogP contribution < -0.4 is 5.32 Å². The highest BCUT2D eigenvalue weighted by molar-refractivity contribution is 5.81. The summed E-state index contributed by atoms with van der Waals surface area (Å²) in [6, 6.07) is 0.273. The van der Waals surface area contributed by atoms with Gasteiger partial charge in [0.1, 0.15) is 6.54 Å². The quantitative estimate of drug-likeness (QED) is 0.795. The van der Waals surface area contributed by atoms with E-state index in [0.29, 0.717) is 18.6 Å². The van der Waals surface area contributed by atoms with Gasteiger partial charge in [0.05, 0.1) is 6.61 Å². The SMILES string of the molecule is CCOC(=O)CNC(=O)N1CCCC2CCCCC21. The van der Waals surface area contributed by atoms with Crippen molar-refractivity contribution in [2.45, 2.75) is 51.5 Å². The average Bonchev–Trinajstić information content (AvgIpc) is 2.44. The second-order valence-electron chi connectivity index (χ2n) is 5.41. The topological polar surface area (TPSA) is 58.6 Å². The molecule has 2 aliphatic rings. The van der Waals surface area contributed by atoms with Crippen molar-refractivity contribution in [2.24, 2.45) is 5.92 Å². The molecule has 2 atom stereocenters. The average molecular weight is 268 g/mol. The molecular formula is C14H24N2O3. The van der Waals surface area contributed by atoms with Crippen LogP contribution in [0.15, 0.2) is 0 Å². The van der Waals surface area contributed by atoms with E-state index in [2.05, 4.69) is 5.32 Å². The van der Waals surface area contributed by atoms with Crippen molar-refractivity contribution in [3.05, 3.63) is 0 Å². The summed E-state index contributed by atoms with van der Waals surface area (Å²) in [5, 5.41) is 2.68. The Hall–Kier alpha value is -1.26. The van der Waals surface area contributed by atoms with Crippen LogP contribution >= 0.6 is 0 Å². The molecule has 1 N–H and O–H groups in total. The van der Waals surface area contributed by atoms with Crippen molar-refractivity contribution in [3.63, 3.8) is 0 Å². The first-order chi connectivity index (χ1) is 9.22. The van der Waals surface area contributed by atoms with Crippen LogP contribution in [0.25, 0.3) is 0 Å². The zero-order chi connectivity index (χ0) is 13.7. The smallest absolute Gasteiger partial charge is 0.325 e. The monoisotopic (exact) mass is 268 g/mol. The van der Waals surface area contributed by atoms with Gasteiger partial charge in [0.15, 0.2) is 0 Å². The van der Waals surface area contributed by atoms with E-state index in [0.717, 1.165) is 19.4 Å². The molecule has 0 aromatic heterocycles. The number of nitrogens with zero attached hydrogens (tertiary/aromatic N) is 1. The molecule has 0 aromatic carbocycles. The maximum absolute atomic E-state index is 12.2. The number of piperidine rings is 1. The molecule has 108 valence electrons. The summed E-state index contributed by atoms with van der Waals surface area (Å²) < 4.78 is 4.81. The molecule has 0 radical (unpaired) electrons. The van der Waals surface area contributed by atoms with E-state index < -0.39 is 0 Å². The molecule has 5 nitrogen and oxygen atoms in total. The Morgan fingerprint density at radius 2 is 1.95 bits per heavy atom. The van der Waals surface area contributed by atoms with E-state index in [-0.39, 0.29) is 18.5 Å². The maximum Gasteiger partial charge on any atom is 0.325 e. The molecule has 0 bridgehead atoms. The van der Waals surface area contributed by atoms with Crippen molar-refractivity contribution in [2.75, 3.05) is 19.7 Å². The van der Waals surface area contributed by atoms with E-state index >= 15 is 0 Å². The number of ether oxygens (including phenoxy) is 1. The van der Waals surface area contributed by atoms with Crippen LogP contribution in [0, 0.1) is 5.92 Å². The second-order valence-corrected chi connectivity index (χ2v) is 5.41. The molecule has 1 saturated carbocycles. The van der Waals surface area contributed by atoms with Gasteiger partial charge < -0.3 is 15.0 Å². The lowest BCUT2D eigenvalue weighted by Crippen LogP contribution is -2.53. The Bertz CT molecular complexity index is 331. The van der Waals surface area contributed by atoms with Crippen molar-refractivity contribution in [3.8, 4) is 0 Å². The third-order valence-electron chi connectivity index (χ3n) is 4.19. The number of likely N-dealkylation sites (tertiary alicyclic amines) is 1. The minimum Gasteiger partial charge on any atom is -0.465 e. The summed E-state index contributed by atoms with van der Waals surface area (Å²) in [4.78, 5) is 25.4. The van der Waals surface area contributed by atoms with Crippen LogP contribution in [0.5, 0.6) is 0 Å². The lowest BCUT2D eigenvalue weighted by atomic mass is 9.78. The minimum absolute atomic E-state index is 0.0272. The number of fused-ring (bicyclic) bond motifs is 1. The van der Waals surface area contributed by atoms with Gasteiger partial charge in [-0.25, -0.2) is 4.79 Å². The van der Waals surface area contributed by atoms with E-state index in [1.165, 1.54) is 25.7 Å². The molecule has 1 heterocycles. The van der Waals surface area contributed by atoms with E-state index in [9.17, 15) is 9.59 Å². The zero-order valence-electron chi connectivity index (χ0n) is 11.7. The Morgan fingerprint density at radius 3 is 2.74 bits per heavy atom. The highest BCUT2D eigenvalue weighted by atomic mass is 16.5. The van der Waals surface area contributed by atoms with Gasteiger partial charge in [-0.2, -0.15) is 0 Å². The number of carbonyl (C=O) groups excluding carboxylic acids is 2. The third-order valence-corrected chi connectivity index (χ3v) is 4.19. The van der Waals surface area contributed by atoms with Crippen molar-refractivity contribution < 1.29 is 14.3 Å². The molecule has 1 aliphatic carbocycles. The van der Waals surface area contributed by atoms with E-state index in [4.69, 9.17) is 4.74 Å². The van der Waals surface area contributed by atoms with Gasteiger partial charge in [-0.1, -0.05) is 12.8 Å². The summed E-state index contributed by atoms with van der Waals surface area (Å²) in [5.74, 6) is 0.295. The van der Waals surface area contributed by atoms with Crippen LogP contribution in [-0.2, 0) is 9.53 Å². The predicted molar refractivity (Wildman–Crippen MR) is 71.7 cm³/mol. The number of hydrogen-bond acceptors (Lipinski definition) is 3. The number of rotatable bonds is 3. The molecule has 0 spiro atoms. The number of amides is 2. The molecular weight excluding hydrogens is 244 g/mol. The van der Waals surface area contributed by atoms with Crippen LogP contribution in [0.2, 0.25) is 0 Å². The highest BCUT2D eigenvalue weighted by Gasteiger charge is 2.35. The van der Waals surface area contributed by atoms with Crippen molar-refractivity contribution in [1.82, 2.24) is 10.2 Å². The number of esters is 1. The zero-order valence-corrected chi connectivity index (χ0v) is 11.7. The summed E-state index contributed by atoms with van der Waals surface area (Å²) in [7, 11) is 0. The summed E-state index contributed by atoms with van der Waals surface area (Å²) in [5.41, 5.74) is 0. The highest BCUT2D eigenvalue weighted by Crippen LogP contribution is 2.35. The molecule has 2 rings (SSSR count). The molecule has 1 aliphatic heterocycles. The molecule has 5 heteroatoms. The van der Waals surface area contributed by atoms with Gasteiger partial charge in [0.2, 0.25) is 0 Å². The molecule has 0 aromatic rings. The van der Waals surface area contributed by atoms with Gasteiger partial charge in [0, 0.05) is 12.6 Å². The van der Waals surface area contributed by atoms with Crippen molar-refractivity contribution >= 4 is 12.0 Å². The lowest BCUT2D eigenvalue weighted by Gasteiger charge is -2.43. The summed E-state index contributed by atoms with van der Waals surface area (Å²) in [6.45, 7) is 2.90. The largest absolute Gasteiger partial charge is 0.465 e. The number of urea groups is 1. The second kappa shape index (κ2) is 6.78. The summed E-state index contributed by atoms with van der Waals surface area (Å²) >= 11 is 0. The van der Waals surface area contributed by atoms with Crippen LogP contribution in [-0.4, -0.2) is 42.6 Å². The van der Waals surface area contributed by atoms with Gasteiger partial charge in [0.25, 0.3) is 0 Å². The first-order valence-electron chi connectivity index (χ1n) is 7.42. The fourth-order valence-corrected chi connectivity index (χ4v) is 3.34. The summed E-state index contributed by atoms with van der Waals surface area (Å²) in [6.07, 6.45) is 7.17. The van der Waals surface area contributed by atoms with Gasteiger partial charge >= 0.3 is 12.0 Å². The number of hydrogen-bond donors (Lipinski definition) is 1. The Balaban J connectivity index is 1.85. The Morgan fingerprint density at radius 1 is 1.21 bits per heavy atom. The van der Waals surface area contributed by atoms with Crippen LogP contribution in [0.4, 0.5) is 4.79 Å². The van der Waals surface area contributed by atoms with Crippen LogP contribution in [0.1, 0.15) is 45.4 Å². The number of nitrogens with one attached hydrogen (secondary N) is 1. The molecule has 2 unspecified atom stereocenters. The fraction of sp³-hybridized carbons (Fsp3) is 0.857. The molecule has 1 saturated heterocycles. The van der Waals surface area contributed by atoms with Gasteiger partial charge in [-0.3, -0.25) is 4.79 Å². The first kappa shape index (κ1) is 14.2. The predicted octanol–water partition coefficient (Wildman–Crippen LogP) is 1.91. The van der Waals surface area contributed by atoms with Gasteiger partial charge in [-0.05, 0) is 38.5 Å². The molecule has 19 heavy (non-hydrogen) atoms. The van der Waals surface area contributed by atoms with Crippen LogP contribution in [0.3, 0.4) is 0 Å². The first-order valence-corrected chi connectivity index (χ1v) is 7.42. The minimum atomic E-state index is -0.368. The fourth-order valence-electron chi connectivity index (χ4n) is 3.34. The Labute approximate surface area is 114 Å². The van der Waals surface area contributed by atoms with Crippen molar-refractivity contribution in [1.29, 1.82) is 0 Å². The van der Waals surface area contributed by atoms with Gasteiger partial charge in [-0.15, -0.1) is 0 Å². The normalized spacial score (nSPS) is 26.5. The van der Waals surface area contributed by atoms with E-state index in [1.807, 2.05) is 4.90 Å². The molecule has 2 amide bonds. The lowest BCUT2D eigenvalue weighted by molar-refractivity contribution is -0.141. The standard InChI is InChI=1S/C14H24N2O3/c1-2-19-13(17)10-15-14(18)16-9-5-7-11-6-3-4-8-12(11)16/h11-12H,2-10H2,1H3,(H,15,18). The number of carbonyl (C=O) groups is 2.